The zero-order chi connectivity index (χ0) is 21.4. The second-order valence-corrected chi connectivity index (χ2v) is 8.83. The van der Waals surface area contributed by atoms with Crippen LogP contribution in [0.3, 0.4) is 0 Å². The SMILES string of the molecule is CCC(C(=O)N1CCC2(CCc3c2nc(N2CCOCC2)[nH]c3=O)CC1)n1cccn1. The normalized spacial score (nSPS) is 21.3. The number of nitrogens with zero attached hydrogens (tertiary/aromatic N) is 5. The summed E-state index contributed by atoms with van der Waals surface area (Å²) in [5, 5.41) is 4.28. The molecule has 31 heavy (non-hydrogen) atoms. The lowest BCUT2D eigenvalue weighted by Gasteiger charge is -2.40. The standard InChI is InChI=1S/C22H30N6O3/c1-2-17(28-9-3-8-23-28)20(30)26-10-6-22(7-11-26)5-4-16-18(22)24-21(25-19(16)29)27-12-14-31-15-13-27/h3,8-9,17H,2,4-7,10-15H2,1H3,(H,24,25,29). The number of likely N-dealkylation sites (tertiary alicyclic amines) is 1. The molecule has 5 rings (SSSR count). The first-order chi connectivity index (χ1) is 15.1. The van der Waals surface area contributed by atoms with E-state index < -0.39 is 0 Å². The summed E-state index contributed by atoms with van der Waals surface area (Å²) in [6, 6.07) is 1.60. The number of carbonyl (C=O) groups is 1. The summed E-state index contributed by atoms with van der Waals surface area (Å²) in [5.41, 5.74) is 1.68. The Hall–Kier alpha value is -2.68. The molecule has 0 bridgehead atoms. The van der Waals surface area contributed by atoms with Crippen molar-refractivity contribution in [3.05, 3.63) is 40.1 Å². The van der Waals surface area contributed by atoms with Crippen LogP contribution in [0.5, 0.6) is 0 Å². The summed E-state index contributed by atoms with van der Waals surface area (Å²) in [5.74, 6) is 0.795. The van der Waals surface area contributed by atoms with Gasteiger partial charge in [0.25, 0.3) is 5.56 Å². The Bertz CT molecular complexity index is 987. The van der Waals surface area contributed by atoms with Crippen molar-refractivity contribution in [3.63, 3.8) is 0 Å². The zero-order valence-electron chi connectivity index (χ0n) is 18.0. The Labute approximate surface area is 181 Å². The van der Waals surface area contributed by atoms with Gasteiger partial charge in [-0.15, -0.1) is 0 Å². The predicted octanol–water partition coefficient (Wildman–Crippen LogP) is 1.26. The number of fused-ring (bicyclic) bond motifs is 2. The molecule has 1 N–H and O–H groups in total. The Morgan fingerprint density at radius 2 is 2.00 bits per heavy atom. The van der Waals surface area contributed by atoms with E-state index in [0.717, 1.165) is 50.0 Å². The minimum atomic E-state index is -0.256. The van der Waals surface area contributed by atoms with Crippen molar-refractivity contribution in [2.24, 2.45) is 0 Å². The van der Waals surface area contributed by atoms with Gasteiger partial charge in [-0.1, -0.05) is 6.92 Å². The van der Waals surface area contributed by atoms with Gasteiger partial charge in [0, 0.05) is 49.6 Å². The zero-order valence-corrected chi connectivity index (χ0v) is 18.0. The fourth-order valence-corrected chi connectivity index (χ4v) is 5.36. The Kier molecular flexibility index (Phi) is 5.29. The van der Waals surface area contributed by atoms with Crippen LogP contribution in [0.4, 0.5) is 5.95 Å². The third-order valence-electron chi connectivity index (χ3n) is 7.22. The van der Waals surface area contributed by atoms with Crippen LogP contribution >= 0.6 is 0 Å². The number of amides is 1. The molecule has 2 saturated heterocycles. The van der Waals surface area contributed by atoms with Crippen LogP contribution < -0.4 is 10.5 Å². The highest BCUT2D eigenvalue weighted by atomic mass is 16.5. The molecule has 9 heteroatoms. The van der Waals surface area contributed by atoms with Crippen molar-refractivity contribution in [1.82, 2.24) is 24.6 Å². The van der Waals surface area contributed by atoms with E-state index in [0.29, 0.717) is 38.7 Å². The summed E-state index contributed by atoms with van der Waals surface area (Å²) in [6.07, 6.45) is 7.68. The highest BCUT2D eigenvalue weighted by molar-refractivity contribution is 5.80. The van der Waals surface area contributed by atoms with Crippen molar-refractivity contribution >= 4 is 11.9 Å². The van der Waals surface area contributed by atoms with E-state index in [2.05, 4.69) is 15.0 Å². The molecule has 2 fully saturated rings. The minimum absolute atomic E-state index is 0.00778. The van der Waals surface area contributed by atoms with Gasteiger partial charge in [0.05, 0.1) is 18.9 Å². The third-order valence-corrected chi connectivity index (χ3v) is 7.22. The fraction of sp³-hybridized carbons (Fsp3) is 0.636. The lowest BCUT2D eigenvalue weighted by atomic mass is 9.76. The molecule has 166 valence electrons. The average molecular weight is 427 g/mol. The van der Waals surface area contributed by atoms with Crippen LogP contribution in [0.25, 0.3) is 0 Å². The number of carbonyl (C=O) groups excluding carboxylic acids is 1. The molecule has 0 radical (unpaired) electrons. The van der Waals surface area contributed by atoms with Crippen LogP contribution in [-0.2, 0) is 21.4 Å². The monoisotopic (exact) mass is 426 g/mol. The van der Waals surface area contributed by atoms with Gasteiger partial charge in [-0.25, -0.2) is 4.98 Å². The van der Waals surface area contributed by atoms with E-state index in [4.69, 9.17) is 9.72 Å². The maximum atomic E-state index is 13.2. The van der Waals surface area contributed by atoms with E-state index in [1.807, 2.05) is 24.1 Å². The molecule has 2 aliphatic heterocycles. The fourth-order valence-electron chi connectivity index (χ4n) is 5.36. The number of aromatic amines is 1. The third kappa shape index (κ3) is 3.54. The number of hydrogen-bond acceptors (Lipinski definition) is 6. The molecule has 0 saturated carbocycles. The minimum Gasteiger partial charge on any atom is -0.378 e. The first-order valence-electron chi connectivity index (χ1n) is 11.4. The Morgan fingerprint density at radius 1 is 1.23 bits per heavy atom. The highest BCUT2D eigenvalue weighted by Crippen LogP contribution is 2.45. The van der Waals surface area contributed by atoms with Crippen LogP contribution in [0.1, 0.15) is 49.9 Å². The molecule has 1 atom stereocenters. The Balaban J connectivity index is 1.35. The molecule has 2 aromatic heterocycles. The number of rotatable bonds is 4. The van der Waals surface area contributed by atoms with Crippen LogP contribution in [0, 0.1) is 0 Å². The maximum Gasteiger partial charge on any atom is 0.255 e. The van der Waals surface area contributed by atoms with Crippen molar-refractivity contribution in [2.45, 2.75) is 50.5 Å². The quantitative estimate of drug-likeness (QED) is 0.791. The van der Waals surface area contributed by atoms with E-state index in [-0.39, 0.29) is 22.9 Å². The number of nitrogens with one attached hydrogen (secondary N) is 1. The molecule has 1 amide bonds. The van der Waals surface area contributed by atoms with Crippen LogP contribution in [0.15, 0.2) is 23.3 Å². The molecular formula is C22H30N6O3. The van der Waals surface area contributed by atoms with E-state index in [1.54, 1.807) is 10.9 Å². The molecule has 4 heterocycles. The van der Waals surface area contributed by atoms with Gasteiger partial charge < -0.3 is 14.5 Å². The Morgan fingerprint density at radius 3 is 2.68 bits per heavy atom. The van der Waals surface area contributed by atoms with Gasteiger partial charge in [-0.2, -0.15) is 5.10 Å². The summed E-state index contributed by atoms with van der Waals surface area (Å²) in [4.78, 5) is 38.0. The van der Waals surface area contributed by atoms with Crippen molar-refractivity contribution in [3.8, 4) is 0 Å². The molecule has 1 unspecified atom stereocenters. The van der Waals surface area contributed by atoms with Crippen LogP contribution in [0.2, 0.25) is 0 Å². The molecule has 9 nitrogen and oxygen atoms in total. The van der Waals surface area contributed by atoms with Crippen molar-refractivity contribution in [2.75, 3.05) is 44.3 Å². The van der Waals surface area contributed by atoms with Crippen LogP contribution in [-0.4, -0.2) is 69.9 Å². The van der Waals surface area contributed by atoms with Gasteiger partial charge in [-0.3, -0.25) is 19.3 Å². The van der Waals surface area contributed by atoms with Gasteiger partial charge in [0.15, 0.2) is 0 Å². The molecule has 1 spiro atoms. The van der Waals surface area contributed by atoms with Gasteiger partial charge in [-0.05, 0) is 38.2 Å². The van der Waals surface area contributed by atoms with E-state index >= 15 is 0 Å². The number of hydrogen-bond donors (Lipinski definition) is 1. The van der Waals surface area contributed by atoms with Gasteiger partial charge >= 0.3 is 0 Å². The second kappa shape index (κ2) is 8.11. The molecule has 1 aliphatic carbocycles. The number of aromatic nitrogens is 4. The number of morpholine rings is 1. The number of ether oxygens (including phenoxy) is 1. The van der Waals surface area contributed by atoms with Gasteiger partial charge in [0.2, 0.25) is 11.9 Å². The largest absolute Gasteiger partial charge is 0.378 e. The van der Waals surface area contributed by atoms with Crippen molar-refractivity contribution in [1.29, 1.82) is 0 Å². The first kappa shape index (κ1) is 20.2. The summed E-state index contributed by atoms with van der Waals surface area (Å²) in [6.45, 7) is 6.18. The topological polar surface area (TPSA) is 96.4 Å². The smallest absolute Gasteiger partial charge is 0.255 e. The van der Waals surface area contributed by atoms with Gasteiger partial charge in [0.1, 0.15) is 6.04 Å². The van der Waals surface area contributed by atoms with Crippen molar-refractivity contribution < 1.29 is 9.53 Å². The molecule has 2 aromatic rings. The lowest BCUT2D eigenvalue weighted by Crippen LogP contribution is -2.47. The maximum absolute atomic E-state index is 13.2. The number of anilines is 1. The molecular weight excluding hydrogens is 396 g/mol. The molecule has 3 aliphatic rings. The first-order valence-corrected chi connectivity index (χ1v) is 11.4. The predicted molar refractivity (Wildman–Crippen MR) is 115 cm³/mol. The average Bonchev–Trinajstić information content (AvgIpc) is 3.45. The summed E-state index contributed by atoms with van der Waals surface area (Å²) in [7, 11) is 0. The van der Waals surface area contributed by atoms with E-state index in [1.165, 1.54) is 0 Å². The number of piperidine rings is 1. The second-order valence-electron chi connectivity index (χ2n) is 8.83. The summed E-state index contributed by atoms with van der Waals surface area (Å²) >= 11 is 0. The molecule has 0 aromatic carbocycles. The summed E-state index contributed by atoms with van der Waals surface area (Å²) < 4.78 is 7.20. The number of H-pyrrole nitrogens is 1. The van der Waals surface area contributed by atoms with E-state index in [9.17, 15) is 9.59 Å². The lowest BCUT2D eigenvalue weighted by molar-refractivity contribution is -0.136. The highest BCUT2D eigenvalue weighted by Gasteiger charge is 2.45.